The molecule has 1 aromatic rings. The molecule has 0 aromatic heterocycles. The molecule has 0 fully saturated rings. The van der Waals surface area contributed by atoms with E-state index in [1.54, 1.807) is 0 Å². The SMILES string of the molecule is Cc1ccc2c(c1)CCN(C(=N)NCCN)C2. The molecular weight excluding hydrogens is 212 g/mol. The second-order valence-electron chi connectivity index (χ2n) is 4.51. The van der Waals surface area contributed by atoms with Gasteiger partial charge in [-0.1, -0.05) is 23.8 Å². The highest BCUT2D eigenvalue weighted by Crippen LogP contribution is 2.19. The molecule has 2 rings (SSSR count). The molecule has 0 aliphatic carbocycles. The van der Waals surface area contributed by atoms with E-state index in [1.165, 1.54) is 16.7 Å². The maximum absolute atomic E-state index is 7.93. The standard InChI is InChI=1S/C13H20N4/c1-10-2-3-12-9-17(7-4-11(12)8-10)13(15)16-6-5-14/h2-3,8H,4-7,9,14H2,1H3,(H2,15,16). The monoisotopic (exact) mass is 232 g/mol. The first-order valence-corrected chi connectivity index (χ1v) is 6.06. The number of benzene rings is 1. The van der Waals surface area contributed by atoms with Gasteiger partial charge in [0.1, 0.15) is 0 Å². The van der Waals surface area contributed by atoms with Crippen molar-refractivity contribution in [3.63, 3.8) is 0 Å². The molecule has 17 heavy (non-hydrogen) atoms. The Morgan fingerprint density at radius 2 is 2.29 bits per heavy atom. The summed E-state index contributed by atoms with van der Waals surface area (Å²) >= 11 is 0. The smallest absolute Gasteiger partial charge is 0.191 e. The fraction of sp³-hybridized carbons (Fsp3) is 0.462. The zero-order valence-electron chi connectivity index (χ0n) is 10.3. The predicted molar refractivity (Wildman–Crippen MR) is 70.1 cm³/mol. The molecule has 0 saturated carbocycles. The third-order valence-corrected chi connectivity index (χ3v) is 3.13. The molecule has 0 amide bonds. The highest BCUT2D eigenvalue weighted by molar-refractivity contribution is 5.77. The van der Waals surface area contributed by atoms with Crippen molar-refractivity contribution in [3.8, 4) is 0 Å². The third-order valence-electron chi connectivity index (χ3n) is 3.13. The van der Waals surface area contributed by atoms with E-state index in [-0.39, 0.29) is 0 Å². The average molecular weight is 232 g/mol. The summed E-state index contributed by atoms with van der Waals surface area (Å²) in [7, 11) is 0. The van der Waals surface area contributed by atoms with Gasteiger partial charge in [-0.3, -0.25) is 5.41 Å². The van der Waals surface area contributed by atoms with E-state index in [2.05, 4.69) is 35.3 Å². The van der Waals surface area contributed by atoms with Gasteiger partial charge in [0.15, 0.2) is 5.96 Å². The third kappa shape index (κ3) is 2.77. The van der Waals surface area contributed by atoms with E-state index >= 15 is 0 Å². The molecule has 92 valence electrons. The van der Waals surface area contributed by atoms with Crippen molar-refractivity contribution in [1.82, 2.24) is 10.2 Å². The van der Waals surface area contributed by atoms with Gasteiger partial charge in [-0.25, -0.2) is 0 Å². The molecule has 0 radical (unpaired) electrons. The quantitative estimate of drug-likeness (QED) is 0.523. The number of aryl methyl sites for hydroxylation is 1. The van der Waals surface area contributed by atoms with Crippen molar-refractivity contribution in [3.05, 3.63) is 34.9 Å². The Bertz CT molecular complexity index is 414. The molecular formula is C13H20N4. The van der Waals surface area contributed by atoms with Crippen LogP contribution in [0.3, 0.4) is 0 Å². The van der Waals surface area contributed by atoms with Crippen LogP contribution in [0.1, 0.15) is 16.7 Å². The van der Waals surface area contributed by atoms with Gasteiger partial charge >= 0.3 is 0 Å². The van der Waals surface area contributed by atoms with Crippen LogP contribution >= 0.6 is 0 Å². The molecule has 0 atom stereocenters. The second kappa shape index (κ2) is 5.19. The summed E-state index contributed by atoms with van der Waals surface area (Å²) in [6, 6.07) is 6.57. The van der Waals surface area contributed by atoms with Gasteiger partial charge in [-0.05, 0) is 24.5 Å². The minimum absolute atomic E-state index is 0.488. The minimum Gasteiger partial charge on any atom is -0.355 e. The van der Waals surface area contributed by atoms with Gasteiger partial charge < -0.3 is 16.0 Å². The van der Waals surface area contributed by atoms with Crippen molar-refractivity contribution >= 4 is 5.96 Å². The van der Waals surface area contributed by atoms with Crippen molar-refractivity contribution in [2.75, 3.05) is 19.6 Å². The van der Waals surface area contributed by atoms with Crippen molar-refractivity contribution in [1.29, 1.82) is 5.41 Å². The molecule has 4 N–H and O–H groups in total. The molecule has 1 heterocycles. The predicted octanol–water partition coefficient (Wildman–Crippen LogP) is 0.836. The average Bonchev–Trinajstić information content (AvgIpc) is 2.35. The Morgan fingerprint density at radius 3 is 3.06 bits per heavy atom. The maximum Gasteiger partial charge on any atom is 0.191 e. The van der Waals surface area contributed by atoms with E-state index < -0.39 is 0 Å². The summed E-state index contributed by atoms with van der Waals surface area (Å²) < 4.78 is 0. The summed E-state index contributed by atoms with van der Waals surface area (Å²) in [6.45, 7) is 5.08. The van der Waals surface area contributed by atoms with E-state index in [9.17, 15) is 0 Å². The summed E-state index contributed by atoms with van der Waals surface area (Å²) in [5, 5.41) is 11.0. The Kier molecular flexibility index (Phi) is 3.64. The normalized spacial score (nSPS) is 14.4. The molecule has 1 aromatic carbocycles. The molecule has 1 aliphatic heterocycles. The second-order valence-corrected chi connectivity index (χ2v) is 4.51. The van der Waals surface area contributed by atoms with Crippen LogP contribution in [0.4, 0.5) is 0 Å². The summed E-state index contributed by atoms with van der Waals surface area (Å²) in [5.74, 6) is 0.488. The number of nitrogens with zero attached hydrogens (tertiary/aromatic N) is 1. The Balaban J connectivity index is 2.03. The fourth-order valence-corrected chi connectivity index (χ4v) is 2.18. The lowest BCUT2D eigenvalue weighted by atomic mass is 9.98. The molecule has 0 bridgehead atoms. The summed E-state index contributed by atoms with van der Waals surface area (Å²) in [5.41, 5.74) is 9.49. The molecule has 0 unspecified atom stereocenters. The highest BCUT2D eigenvalue weighted by Gasteiger charge is 2.17. The molecule has 0 spiro atoms. The Labute approximate surface area is 102 Å². The lowest BCUT2D eigenvalue weighted by Crippen LogP contribution is -2.44. The van der Waals surface area contributed by atoms with Gasteiger partial charge in [0.2, 0.25) is 0 Å². The number of fused-ring (bicyclic) bond motifs is 1. The zero-order chi connectivity index (χ0) is 12.3. The lowest BCUT2D eigenvalue weighted by molar-refractivity contribution is 0.377. The van der Waals surface area contributed by atoms with Gasteiger partial charge in [0.25, 0.3) is 0 Å². The van der Waals surface area contributed by atoms with Crippen molar-refractivity contribution in [2.24, 2.45) is 5.73 Å². The van der Waals surface area contributed by atoms with E-state index in [0.717, 1.165) is 19.5 Å². The van der Waals surface area contributed by atoms with Gasteiger partial charge in [0, 0.05) is 26.2 Å². The first kappa shape index (κ1) is 11.9. The summed E-state index contributed by atoms with van der Waals surface area (Å²) in [6.07, 6.45) is 1.02. The maximum atomic E-state index is 7.93. The van der Waals surface area contributed by atoms with Crippen LogP contribution in [0.5, 0.6) is 0 Å². The van der Waals surface area contributed by atoms with Gasteiger partial charge in [-0.15, -0.1) is 0 Å². The minimum atomic E-state index is 0.488. The molecule has 0 saturated heterocycles. The number of hydrogen-bond acceptors (Lipinski definition) is 2. The zero-order valence-corrected chi connectivity index (χ0v) is 10.3. The van der Waals surface area contributed by atoms with Crippen LogP contribution in [0.2, 0.25) is 0 Å². The molecule has 1 aliphatic rings. The molecule has 4 nitrogen and oxygen atoms in total. The lowest BCUT2D eigenvalue weighted by Gasteiger charge is -2.31. The Morgan fingerprint density at radius 1 is 1.47 bits per heavy atom. The largest absolute Gasteiger partial charge is 0.355 e. The number of nitrogens with one attached hydrogen (secondary N) is 2. The van der Waals surface area contributed by atoms with Crippen molar-refractivity contribution in [2.45, 2.75) is 19.9 Å². The number of hydrogen-bond donors (Lipinski definition) is 3. The number of rotatable bonds is 2. The van der Waals surface area contributed by atoms with E-state index in [4.69, 9.17) is 11.1 Å². The highest BCUT2D eigenvalue weighted by atomic mass is 15.3. The van der Waals surface area contributed by atoms with Crippen molar-refractivity contribution < 1.29 is 0 Å². The fourth-order valence-electron chi connectivity index (χ4n) is 2.18. The van der Waals surface area contributed by atoms with Crippen LogP contribution in [0.15, 0.2) is 18.2 Å². The van der Waals surface area contributed by atoms with Crippen LogP contribution < -0.4 is 11.1 Å². The van der Waals surface area contributed by atoms with Crippen LogP contribution in [0.25, 0.3) is 0 Å². The van der Waals surface area contributed by atoms with Gasteiger partial charge in [0.05, 0.1) is 0 Å². The van der Waals surface area contributed by atoms with Gasteiger partial charge in [-0.2, -0.15) is 0 Å². The number of guanidine groups is 1. The summed E-state index contributed by atoms with van der Waals surface area (Å²) in [4.78, 5) is 2.06. The van der Waals surface area contributed by atoms with E-state index in [0.29, 0.717) is 19.0 Å². The van der Waals surface area contributed by atoms with Crippen LogP contribution in [0, 0.1) is 12.3 Å². The topological polar surface area (TPSA) is 65.1 Å². The molecule has 4 heteroatoms. The van der Waals surface area contributed by atoms with Crippen LogP contribution in [-0.2, 0) is 13.0 Å². The van der Waals surface area contributed by atoms with E-state index in [1.807, 2.05) is 0 Å². The van der Waals surface area contributed by atoms with Crippen LogP contribution in [-0.4, -0.2) is 30.5 Å². The number of nitrogens with two attached hydrogens (primary N) is 1. The Hall–Kier alpha value is -1.55. The first-order valence-electron chi connectivity index (χ1n) is 6.06. The first-order chi connectivity index (χ1) is 8.20.